The molecule has 0 fully saturated rings. The van der Waals surface area contributed by atoms with E-state index in [9.17, 15) is 4.55 Å². The summed E-state index contributed by atoms with van der Waals surface area (Å²) < 4.78 is 11.9. The zero-order valence-electron chi connectivity index (χ0n) is 6.87. The molecule has 0 amide bonds. The molecular formula is C7H9IN2OS. The molecule has 0 aliphatic carbocycles. The van der Waals surface area contributed by atoms with E-state index in [0.717, 1.165) is 15.7 Å². The number of halogens is 1. The fraction of sp³-hybridized carbons (Fsp3) is 0.429. The number of alkyl halides is 1. The third-order valence-electron chi connectivity index (χ3n) is 1.46. The number of hydrogen-bond donors (Lipinski definition) is 0. The molecule has 0 saturated heterocycles. The summed E-state index contributed by atoms with van der Waals surface area (Å²) in [5.41, 5.74) is 2.02. The van der Waals surface area contributed by atoms with E-state index < -0.39 is 11.2 Å². The van der Waals surface area contributed by atoms with Crippen molar-refractivity contribution >= 4 is 33.8 Å². The second-order valence-corrected chi connectivity index (χ2v) is 4.39. The van der Waals surface area contributed by atoms with Gasteiger partial charge in [-0.05, 0) is 6.92 Å². The Labute approximate surface area is 88.3 Å². The first-order valence-corrected chi connectivity index (χ1v) is 6.45. The molecule has 0 unspecified atom stereocenters. The molecule has 1 aromatic heterocycles. The molecule has 66 valence electrons. The maximum absolute atomic E-state index is 11.0. The Kier molecular flexibility index (Phi) is 3.73. The lowest BCUT2D eigenvalue weighted by Crippen LogP contribution is -2.06. The Morgan fingerprint density at radius 2 is 2.33 bits per heavy atom. The molecule has 0 radical (unpaired) electrons. The predicted molar refractivity (Wildman–Crippen MR) is 56.8 cm³/mol. The fourth-order valence-electron chi connectivity index (χ4n) is 0.740. The van der Waals surface area contributed by atoms with Crippen LogP contribution in [0.15, 0.2) is 11.4 Å². The predicted octanol–water partition coefficient (Wildman–Crippen LogP) is 1.46. The molecule has 0 saturated carbocycles. The van der Waals surface area contributed by atoms with Gasteiger partial charge in [0.05, 0.1) is 0 Å². The van der Waals surface area contributed by atoms with Crippen LogP contribution in [-0.2, 0) is 15.6 Å². The Balaban J connectivity index is 3.02. The van der Waals surface area contributed by atoms with Crippen LogP contribution in [0.2, 0.25) is 0 Å². The molecular weight excluding hydrogens is 287 g/mol. The van der Waals surface area contributed by atoms with Gasteiger partial charge in [0.2, 0.25) is 0 Å². The highest BCUT2D eigenvalue weighted by atomic mass is 127. The van der Waals surface area contributed by atoms with Crippen molar-refractivity contribution in [3.8, 4) is 0 Å². The Hall–Kier alpha value is 0.120. The lowest BCUT2D eigenvalue weighted by atomic mass is 10.3. The van der Waals surface area contributed by atoms with Crippen molar-refractivity contribution < 1.29 is 4.55 Å². The Bertz CT molecular complexity index is 280. The van der Waals surface area contributed by atoms with Gasteiger partial charge < -0.3 is 4.55 Å². The first-order chi connectivity index (χ1) is 5.65. The van der Waals surface area contributed by atoms with Crippen LogP contribution in [0.5, 0.6) is 0 Å². The third kappa shape index (κ3) is 2.30. The van der Waals surface area contributed by atoms with Gasteiger partial charge in [0.25, 0.3) is 0 Å². The first kappa shape index (κ1) is 10.2. The van der Waals surface area contributed by atoms with Gasteiger partial charge in [0.1, 0.15) is 6.26 Å². The quantitative estimate of drug-likeness (QED) is 0.359. The molecule has 1 heterocycles. The van der Waals surface area contributed by atoms with Gasteiger partial charge in [-0.3, -0.25) is 0 Å². The number of hydrogen-bond acceptors (Lipinski definition) is 3. The van der Waals surface area contributed by atoms with Crippen molar-refractivity contribution in [2.24, 2.45) is 0 Å². The summed E-state index contributed by atoms with van der Waals surface area (Å²) in [7, 11) is 0. The van der Waals surface area contributed by atoms with Gasteiger partial charge in [-0.2, -0.15) is 9.97 Å². The SMILES string of the molecule is Cc1nc([S@+](C)[O-])ncc1CI. The van der Waals surface area contributed by atoms with Crippen molar-refractivity contribution in [2.45, 2.75) is 16.5 Å². The van der Waals surface area contributed by atoms with E-state index in [-0.39, 0.29) is 0 Å². The maximum atomic E-state index is 11.0. The summed E-state index contributed by atoms with van der Waals surface area (Å²) >= 11 is 1.18. The topological polar surface area (TPSA) is 48.8 Å². The maximum Gasteiger partial charge on any atom is 0.342 e. The van der Waals surface area contributed by atoms with E-state index in [0.29, 0.717) is 5.16 Å². The summed E-state index contributed by atoms with van der Waals surface area (Å²) in [6.07, 6.45) is 3.32. The number of rotatable bonds is 2. The van der Waals surface area contributed by atoms with Gasteiger partial charge in [-0.15, -0.1) is 0 Å². The molecule has 0 aliphatic rings. The molecule has 1 aromatic rings. The fourth-order valence-corrected chi connectivity index (χ4v) is 1.96. The van der Waals surface area contributed by atoms with Crippen LogP contribution in [0, 0.1) is 6.92 Å². The molecule has 1 rings (SSSR count). The van der Waals surface area contributed by atoms with Crippen LogP contribution < -0.4 is 0 Å². The summed E-state index contributed by atoms with van der Waals surface area (Å²) in [6.45, 7) is 1.91. The largest absolute Gasteiger partial charge is 0.609 e. The average molecular weight is 296 g/mol. The lowest BCUT2D eigenvalue weighted by Gasteiger charge is -2.04. The molecule has 0 spiro atoms. The van der Waals surface area contributed by atoms with Crippen molar-refractivity contribution in [1.29, 1.82) is 0 Å². The van der Waals surface area contributed by atoms with Gasteiger partial charge in [-0.1, -0.05) is 22.6 Å². The number of aryl methyl sites for hydroxylation is 1. The average Bonchev–Trinajstić information content (AvgIpc) is 2.04. The van der Waals surface area contributed by atoms with E-state index in [1.54, 1.807) is 12.5 Å². The highest BCUT2D eigenvalue weighted by Crippen LogP contribution is 2.10. The van der Waals surface area contributed by atoms with Gasteiger partial charge in [0.15, 0.2) is 0 Å². The molecule has 0 aliphatic heterocycles. The van der Waals surface area contributed by atoms with Crippen molar-refractivity contribution in [3.63, 3.8) is 0 Å². The smallest absolute Gasteiger partial charge is 0.342 e. The van der Waals surface area contributed by atoms with E-state index in [1.165, 1.54) is 0 Å². The summed E-state index contributed by atoms with van der Waals surface area (Å²) in [4.78, 5) is 8.12. The minimum absolute atomic E-state index is 0.418. The second-order valence-electron chi connectivity index (χ2n) is 2.35. The van der Waals surface area contributed by atoms with Gasteiger partial charge >= 0.3 is 5.16 Å². The van der Waals surface area contributed by atoms with E-state index >= 15 is 0 Å². The van der Waals surface area contributed by atoms with Crippen LogP contribution in [0.4, 0.5) is 0 Å². The highest BCUT2D eigenvalue weighted by Gasteiger charge is 2.09. The first-order valence-electron chi connectivity index (χ1n) is 3.37. The second kappa shape index (κ2) is 4.38. The zero-order valence-corrected chi connectivity index (χ0v) is 9.85. The normalized spacial score (nSPS) is 13.0. The summed E-state index contributed by atoms with van der Waals surface area (Å²) in [5.74, 6) is 0. The molecule has 3 nitrogen and oxygen atoms in total. The Morgan fingerprint density at radius 1 is 1.67 bits per heavy atom. The van der Waals surface area contributed by atoms with Gasteiger partial charge in [0, 0.05) is 33.1 Å². The molecule has 12 heavy (non-hydrogen) atoms. The summed E-state index contributed by atoms with van der Waals surface area (Å²) in [6, 6.07) is 0. The number of aromatic nitrogens is 2. The van der Waals surface area contributed by atoms with E-state index in [1.807, 2.05) is 6.92 Å². The minimum Gasteiger partial charge on any atom is -0.609 e. The third-order valence-corrected chi connectivity index (χ3v) is 2.99. The van der Waals surface area contributed by atoms with Gasteiger partial charge in [-0.25, -0.2) is 0 Å². The number of nitrogens with zero attached hydrogens (tertiary/aromatic N) is 2. The van der Waals surface area contributed by atoms with Crippen LogP contribution in [0.3, 0.4) is 0 Å². The van der Waals surface area contributed by atoms with Crippen LogP contribution in [-0.4, -0.2) is 20.8 Å². The summed E-state index contributed by atoms with van der Waals surface area (Å²) in [5, 5.41) is 0.418. The van der Waals surface area contributed by atoms with E-state index in [4.69, 9.17) is 0 Å². The molecule has 0 N–H and O–H groups in total. The molecule has 5 heteroatoms. The molecule has 0 aromatic carbocycles. The minimum atomic E-state index is -1.07. The molecule has 1 atom stereocenters. The Morgan fingerprint density at radius 3 is 2.75 bits per heavy atom. The van der Waals surface area contributed by atoms with Crippen LogP contribution >= 0.6 is 22.6 Å². The van der Waals surface area contributed by atoms with Crippen molar-refractivity contribution in [1.82, 2.24) is 9.97 Å². The standard InChI is InChI=1S/C7H9IN2OS/c1-5-6(3-8)4-9-7(10-5)12(2)11/h4H,3H2,1-2H3/t12-/m0/s1. The zero-order chi connectivity index (χ0) is 9.14. The van der Waals surface area contributed by atoms with Crippen molar-refractivity contribution in [2.75, 3.05) is 6.26 Å². The van der Waals surface area contributed by atoms with E-state index in [2.05, 4.69) is 32.6 Å². The van der Waals surface area contributed by atoms with Crippen molar-refractivity contribution in [3.05, 3.63) is 17.5 Å². The van der Waals surface area contributed by atoms with Crippen LogP contribution in [0.25, 0.3) is 0 Å². The van der Waals surface area contributed by atoms with Crippen LogP contribution in [0.1, 0.15) is 11.3 Å². The lowest BCUT2D eigenvalue weighted by molar-refractivity contribution is 0.591. The molecule has 0 bridgehead atoms. The monoisotopic (exact) mass is 296 g/mol. The highest BCUT2D eigenvalue weighted by molar-refractivity contribution is 14.1.